The van der Waals surface area contributed by atoms with Crippen LogP contribution in [0.2, 0.25) is 0 Å². The van der Waals surface area contributed by atoms with Crippen LogP contribution in [0, 0.1) is 0 Å². The molecule has 0 heteroatoms. The van der Waals surface area contributed by atoms with Crippen molar-refractivity contribution in [1.29, 1.82) is 0 Å². The van der Waals surface area contributed by atoms with Gasteiger partial charge in [-0.2, -0.15) is 0 Å². The summed E-state index contributed by atoms with van der Waals surface area (Å²) in [5.74, 6) is 0.410. The second-order valence-electron chi connectivity index (χ2n) is 19.3. The molecule has 0 saturated carbocycles. The van der Waals surface area contributed by atoms with Gasteiger partial charge in [0.2, 0.25) is 0 Å². The Kier molecular flexibility index (Phi) is 8.12. The van der Waals surface area contributed by atoms with E-state index in [2.05, 4.69) is 206 Å². The van der Waals surface area contributed by atoms with Crippen LogP contribution >= 0.6 is 0 Å². The van der Waals surface area contributed by atoms with Crippen molar-refractivity contribution in [2.45, 2.75) is 84.5 Å². The third-order valence-electron chi connectivity index (χ3n) is 15.2. The average molecular weight is 787 g/mol. The molecule has 61 heavy (non-hydrogen) atoms. The fraction of sp³-hybridized carbons (Fsp3) is 0.213. The number of rotatable bonds is 3. The molecule has 4 aliphatic carbocycles. The normalized spacial score (nSPS) is 16.8. The molecule has 0 spiro atoms. The Morgan fingerprint density at radius 2 is 0.557 bits per heavy atom. The van der Waals surface area contributed by atoms with E-state index in [1.165, 1.54) is 122 Å². The van der Waals surface area contributed by atoms with E-state index >= 15 is 0 Å². The van der Waals surface area contributed by atoms with E-state index < -0.39 is 0 Å². The minimum atomic E-state index is -0.121. The SMILES string of the molecule is CC.CC1c2ccccc2-c2ccc(-c3ccc4c(c3)C(C)(C)c3cc(-c5ccc6c(c5)C(C)(C)c5cc(-c7ccc8c(c7)C(C)(C)c7ccccc7-8)ccc5-6)ccc3-4)cc21. The summed E-state index contributed by atoms with van der Waals surface area (Å²) in [4.78, 5) is 0. The van der Waals surface area contributed by atoms with Crippen molar-refractivity contribution in [1.82, 2.24) is 0 Å². The highest BCUT2D eigenvalue weighted by molar-refractivity contribution is 5.90. The van der Waals surface area contributed by atoms with Gasteiger partial charge in [-0.15, -0.1) is 0 Å². The summed E-state index contributed by atoms with van der Waals surface area (Å²) in [5.41, 5.74) is 29.8. The second-order valence-corrected chi connectivity index (χ2v) is 19.3. The summed E-state index contributed by atoms with van der Waals surface area (Å²) in [6.45, 7) is 20.7. The first-order valence-corrected chi connectivity index (χ1v) is 22.5. The van der Waals surface area contributed by atoms with Crippen LogP contribution in [-0.4, -0.2) is 0 Å². The smallest absolute Gasteiger partial charge is 0.0159 e. The summed E-state index contributed by atoms with van der Waals surface area (Å²) in [5, 5.41) is 0. The lowest BCUT2D eigenvalue weighted by atomic mass is 9.79. The molecule has 0 nitrogen and oxygen atoms in total. The lowest BCUT2D eigenvalue weighted by Crippen LogP contribution is -2.16. The summed E-state index contributed by atoms with van der Waals surface area (Å²) < 4.78 is 0. The Hall–Kier alpha value is -6.24. The minimum absolute atomic E-state index is 0.0154. The van der Waals surface area contributed by atoms with Crippen molar-refractivity contribution in [3.05, 3.63) is 202 Å². The molecule has 0 amide bonds. The van der Waals surface area contributed by atoms with Crippen molar-refractivity contribution >= 4 is 0 Å². The molecule has 0 aromatic heterocycles. The van der Waals surface area contributed by atoms with Crippen LogP contribution in [0.1, 0.15) is 113 Å². The van der Waals surface area contributed by atoms with Crippen molar-refractivity contribution in [2.75, 3.05) is 0 Å². The summed E-state index contributed by atoms with van der Waals surface area (Å²) in [7, 11) is 0. The third-order valence-corrected chi connectivity index (χ3v) is 15.2. The molecule has 12 rings (SSSR count). The Morgan fingerprint density at radius 3 is 0.967 bits per heavy atom. The van der Waals surface area contributed by atoms with Gasteiger partial charge in [0.25, 0.3) is 0 Å². The first-order valence-electron chi connectivity index (χ1n) is 22.5. The monoisotopic (exact) mass is 786 g/mol. The predicted octanol–water partition coefficient (Wildman–Crippen LogP) is 16.8. The van der Waals surface area contributed by atoms with Gasteiger partial charge >= 0.3 is 0 Å². The van der Waals surface area contributed by atoms with E-state index in [4.69, 9.17) is 0 Å². The van der Waals surface area contributed by atoms with Gasteiger partial charge in [-0.25, -0.2) is 0 Å². The van der Waals surface area contributed by atoms with Gasteiger partial charge in [0.1, 0.15) is 0 Å². The molecular weight excluding hydrogens is 733 g/mol. The number of benzene rings is 8. The number of hydrogen-bond acceptors (Lipinski definition) is 0. The van der Waals surface area contributed by atoms with Crippen LogP contribution in [-0.2, 0) is 16.2 Å². The summed E-state index contributed by atoms with van der Waals surface area (Å²) in [6, 6.07) is 60.8. The van der Waals surface area contributed by atoms with E-state index in [0.29, 0.717) is 5.92 Å². The van der Waals surface area contributed by atoms with Crippen molar-refractivity contribution in [2.24, 2.45) is 0 Å². The third kappa shape index (κ3) is 5.24. The van der Waals surface area contributed by atoms with Gasteiger partial charge in [0, 0.05) is 22.2 Å². The Balaban J connectivity index is 0.00000207. The number of hydrogen-bond donors (Lipinski definition) is 0. The van der Waals surface area contributed by atoms with Crippen LogP contribution in [0.4, 0.5) is 0 Å². The first-order chi connectivity index (χ1) is 29.4. The number of fused-ring (bicyclic) bond motifs is 12. The van der Waals surface area contributed by atoms with Crippen molar-refractivity contribution in [3.8, 4) is 77.9 Å². The highest BCUT2D eigenvalue weighted by atomic mass is 14.4. The summed E-state index contributed by atoms with van der Waals surface area (Å²) in [6.07, 6.45) is 0. The van der Waals surface area contributed by atoms with Gasteiger partial charge in [-0.1, -0.05) is 184 Å². The van der Waals surface area contributed by atoms with Crippen LogP contribution < -0.4 is 0 Å². The molecular formula is C61H54. The van der Waals surface area contributed by atoms with Crippen LogP contribution in [0.15, 0.2) is 158 Å². The van der Waals surface area contributed by atoms with Crippen LogP contribution in [0.3, 0.4) is 0 Å². The van der Waals surface area contributed by atoms with Crippen LogP contribution in [0.5, 0.6) is 0 Å². The molecule has 298 valence electrons. The van der Waals surface area contributed by atoms with Gasteiger partial charge < -0.3 is 0 Å². The maximum Gasteiger partial charge on any atom is 0.0159 e. The second kappa shape index (κ2) is 13.1. The molecule has 4 aliphatic rings. The minimum Gasteiger partial charge on any atom is -0.0683 e. The zero-order valence-electron chi connectivity index (χ0n) is 37.1. The maximum absolute atomic E-state index is 2.48. The molecule has 0 fully saturated rings. The Morgan fingerprint density at radius 1 is 0.279 bits per heavy atom. The van der Waals surface area contributed by atoms with E-state index in [1.54, 1.807) is 0 Å². The van der Waals surface area contributed by atoms with Crippen molar-refractivity contribution in [3.63, 3.8) is 0 Å². The predicted molar refractivity (Wildman–Crippen MR) is 260 cm³/mol. The highest BCUT2D eigenvalue weighted by Gasteiger charge is 2.39. The van der Waals surface area contributed by atoms with E-state index in [0.717, 1.165) is 0 Å². The molecule has 8 aromatic carbocycles. The van der Waals surface area contributed by atoms with Crippen LogP contribution in [0.25, 0.3) is 77.9 Å². The van der Waals surface area contributed by atoms with E-state index in [-0.39, 0.29) is 16.2 Å². The molecule has 0 saturated heterocycles. The Bertz CT molecular complexity index is 3140. The standard InChI is InChI=1S/C59H48.C2H6/c1-34-41-12-8-9-13-42(41)43-22-16-35(28-50(34)43)36-17-24-46-47-26-20-39(32-54(47)58(4,5)53(46)29-36)40-21-27-49-48-25-19-38(31-55(48)59(6,7)56(49)33-40)37-18-23-45-44-14-10-11-15-51(44)57(2,3)52(45)30-37;1-2/h8-34H,1-7H3;1-2H3. The molecule has 1 unspecified atom stereocenters. The van der Waals surface area contributed by atoms with Gasteiger partial charge in [-0.3, -0.25) is 0 Å². The first kappa shape index (κ1) is 37.7. The van der Waals surface area contributed by atoms with Gasteiger partial charge in [-0.05, 0) is 159 Å². The molecule has 1 atom stereocenters. The largest absolute Gasteiger partial charge is 0.0683 e. The highest BCUT2D eigenvalue weighted by Crippen LogP contribution is 2.55. The van der Waals surface area contributed by atoms with Crippen molar-refractivity contribution < 1.29 is 0 Å². The molecule has 0 radical (unpaired) electrons. The lowest BCUT2D eigenvalue weighted by Gasteiger charge is -2.24. The van der Waals surface area contributed by atoms with E-state index in [9.17, 15) is 0 Å². The Labute approximate surface area is 363 Å². The molecule has 0 N–H and O–H groups in total. The fourth-order valence-corrected chi connectivity index (χ4v) is 11.7. The quantitative estimate of drug-likeness (QED) is 0.167. The zero-order valence-corrected chi connectivity index (χ0v) is 37.1. The van der Waals surface area contributed by atoms with Gasteiger partial charge in [0.15, 0.2) is 0 Å². The fourth-order valence-electron chi connectivity index (χ4n) is 11.7. The lowest BCUT2D eigenvalue weighted by molar-refractivity contribution is 0.659. The topological polar surface area (TPSA) is 0 Å². The molecule has 8 aromatic rings. The zero-order chi connectivity index (χ0) is 42.2. The average Bonchev–Trinajstić information content (AvgIpc) is 3.88. The van der Waals surface area contributed by atoms with Gasteiger partial charge in [0.05, 0.1) is 0 Å². The van der Waals surface area contributed by atoms with E-state index in [1.807, 2.05) is 13.8 Å². The maximum atomic E-state index is 2.48. The molecule has 0 aliphatic heterocycles. The summed E-state index contributed by atoms with van der Waals surface area (Å²) >= 11 is 0. The molecule has 0 bridgehead atoms. The molecule has 0 heterocycles.